The minimum Gasteiger partial charge on any atom is -0.330 e. The molecular weight excluding hydrogens is 258 g/mol. The van der Waals surface area contributed by atoms with Crippen molar-refractivity contribution < 1.29 is 8.78 Å². The monoisotopic (exact) mass is 282 g/mol. The summed E-state index contributed by atoms with van der Waals surface area (Å²) in [5.41, 5.74) is 6.43. The van der Waals surface area contributed by atoms with E-state index in [0.717, 1.165) is 45.0 Å². The van der Waals surface area contributed by atoms with Gasteiger partial charge in [-0.05, 0) is 63.0 Å². The Morgan fingerprint density at radius 1 is 1.30 bits per heavy atom. The van der Waals surface area contributed by atoms with E-state index in [1.807, 2.05) is 0 Å². The molecule has 0 bridgehead atoms. The van der Waals surface area contributed by atoms with E-state index in [4.69, 9.17) is 5.73 Å². The summed E-state index contributed by atoms with van der Waals surface area (Å²) in [5.74, 6) is -0.594. The lowest BCUT2D eigenvalue weighted by Gasteiger charge is -2.36. The maximum atomic E-state index is 13.9. The lowest BCUT2D eigenvalue weighted by molar-refractivity contribution is 0.168. The summed E-state index contributed by atoms with van der Waals surface area (Å²) >= 11 is 0. The van der Waals surface area contributed by atoms with Gasteiger partial charge in [-0.25, -0.2) is 8.78 Å². The van der Waals surface area contributed by atoms with Crippen molar-refractivity contribution in [2.45, 2.75) is 32.1 Å². The van der Waals surface area contributed by atoms with Crippen molar-refractivity contribution in [1.29, 1.82) is 0 Å². The minimum absolute atomic E-state index is 0.000577. The predicted molar refractivity (Wildman–Crippen MR) is 77.6 cm³/mol. The lowest BCUT2D eigenvalue weighted by atomic mass is 9.80. The molecule has 1 saturated heterocycles. The molecule has 2 N–H and O–H groups in total. The number of rotatable bonds is 5. The Labute approximate surface area is 120 Å². The maximum Gasteiger partial charge on any atom is 0.129 e. The number of hydrogen-bond acceptors (Lipinski definition) is 2. The Morgan fingerprint density at radius 2 is 2.00 bits per heavy atom. The number of nitrogens with two attached hydrogens (primary N) is 1. The lowest BCUT2D eigenvalue weighted by Crippen LogP contribution is -2.37. The standard InChI is InChI=1S/C16H24F2N2/c1-2-7-20-8-5-12(6-9-20)15(11-19)14-4-3-13(17)10-16(14)18/h3-4,10,12,15H,2,5-9,11,19H2,1H3. The fraction of sp³-hybridized carbons (Fsp3) is 0.625. The Bertz CT molecular complexity index is 428. The van der Waals surface area contributed by atoms with Crippen LogP contribution in [0.15, 0.2) is 18.2 Å². The van der Waals surface area contributed by atoms with Crippen LogP contribution in [0.3, 0.4) is 0 Å². The molecule has 1 atom stereocenters. The van der Waals surface area contributed by atoms with Crippen molar-refractivity contribution in [3.63, 3.8) is 0 Å². The Hall–Kier alpha value is -1.00. The second kappa shape index (κ2) is 7.14. The minimum atomic E-state index is -0.528. The van der Waals surface area contributed by atoms with Crippen LogP contribution in [0.25, 0.3) is 0 Å². The van der Waals surface area contributed by atoms with E-state index >= 15 is 0 Å². The number of hydrogen-bond donors (Lipinski definition) is 1. The number of likely N-dealkylation sites (tertiary alicyclic amines) is 1. The molecule has 112 valence electrons. The van der Waals surface area contributed by atoms with Crippen LogP contribution in [0.5, 0.6) is 0 Å². The second-order valence-corrected chi connectivity index (χ2v) is 5.69. The molecule has 2 nitrogen and oxygen atoms in total. The van der Waals surface area contributed by atoms with Gasteiger partial charge in [-0.1, -0.05) is 13.0 Å². The van der Waals surface area contributed by atoms with Gasteiger partial charge in [-0.3, -0.25) is 0 Å². The molecular formula is C16H24F2N2. The number of halogens is 2. The predicted octanol–water partition coefficient (Wildman–Crippen LogP) is 3.13. The molecule has 1 aliphatic heterocycles. The zero-order valence-electron chi connectivity index (χ0n) is 12.1. The Morgan fingerprint density at radius 3 is 2.55 bits per heavy atom. The van der Waals surface area contributed by atoms with Gasteiger partial charge in [-0.2, -0.15) is 0 Å². The quantitative estimate of drug-likeness (QED) is 0.899. The van der Waals surface area contributed by atoms with E-state index in [1.165, 1.54) is 6.07 Å². The zero-order chi connectivity index (χ0) is 14.5. The molecule has 0 radical (unpaired) electrons. The first kappa shape index (κ1) is 15.4. The third kappa shape index (κ3) is 3.55. The van der Waals surface area contributed by atoms with Gasteiger partial charge in [0.2, 0.25) is 0 Å². The van der Waals surface area contributed by atoms with E-state index in [-0.39, 0.29) is 5.92 Å². The topological polar surface area (TPSA) is 29.3 Å². The average molecular weight is 282 g/mol. The van der Waals surface area contributed by atoms with Crippen molar-refractivity contribution in [3.8, 4) is 0 Å². The van der Waals surface area contributed by atoms with Crippen molar-refractivity contribution >= 4 is 0 Å². The average Bonchev–Trinajstić information content (AvgIpc) is 2.44. The summed E-state index contributed by atoms with van der Waals surface area (Å²) in [5, 5.41) is 0. The molecule has 0 aliphatic carbocycles. The number of benzene rings is 1. The van der Waals surface area contributed by atoms with Crippen molar-refractivity contribution in [3.05, 3.63) is 35.4 Å². The van der Waals surface area contributed by atoms with Crippen LogP contribution < -0.4 is 5.73 Å². The van der Waals surface area contributed by atoms with E-state index in [0.29, 0.717) is 18.0 Å². The first-order valence-corrected chi connectivity index (χ1v) is 7.53. The highest BCUT2D eigenvalue weighted by atomic mass is 19.1. The number of piperidine rings is 1. The van der Waals surface area contributed by atoms with E-state index in [9.17, 15) is 8.78 Å². The van der Waals surface area contributed by atoms with Gasteiger partial charge in [0.25, 0.3) is 0 Å². The highest BCUT2D eigenvalue weighted by Gasteiger charge is 2.28. The molecule has 4 heteroatoms. The summed E-state index contributed by atoms with van der Waals surface area (Å²) in [7, 11) is 0. The summed E-state index contributed by atoms with van der Waals surface area (Å²) < 4.78 is 26.9. The van der Waals surface area contributed by atoms with Crippen LogP contribution >= 0.6 is 0 Å². The smallest absolute Gasteiger partial charge is 0.129 e. The Kier molecular flexibility index (Phi) is 5.49. The molecule has 1 aliphatic rings. The summed E-state index contributed by atoms with van der Waals surface area (Å²) in [4.78, 5) is 2.45. The number of nitrogens with zero attached hydrogens (tertiary/aromatic N) is 1. The van der Waals surface area contributed by atoms with Crippen LogP contribution in [-0.4, -0.2) is 31.1 Å². The van der Waals surface area contributed by atoms with Gasteiger partial charge >= 0.3 is 0 Å². The van der Waals surface area contributed by atoms with Gasteiger partial charge in [0, 0.05) is 12.0 Å². The normalized spacial score (nSPS) is 19.2. The molecule has 1 aromatic rings. The van der Waals surface area contributed by atoms with Crippen LogP contribution in [0.1, 0.15) is 37.7 Å². The zero-order valence-corrected chi connectivity index (χ0v) is 12.1. The molecule has 1 unspecified atom stereocenters. The molecule has 1 aromatic carbocycles. The molecule has 1 heterocycles. The van der Waals surface area contributed by atoms with Crippen molar-refractivity contribution in [2.24, 2.45) is 11.7 Å². The molecule has 1 fully saturated rings. The molecule has 0 spiro atoms. The van der Waals surface area contributed by atoms with E-state index in [1.54, 1.807) is 6.07 Å². The molecule has 2 rings (SSSR count). The highest BCUT2D eigenvalue weighted by Crippen LogP contribution is 2.33. The van der Waals surface area contributed by atoms with Crippen LogP contribution in [0.4, 0.5) is 8.78 Å². The molecule has 0 amide bonds. The maximum absolute atomic E-state index is 13.9. The van der Waals surface area contributed by atoms with Gasteiger partial charge in [0.1, 0.15) is 11.6 Å². The highest BCUT2D eigenvalue weighted by molar-refractivity contribution is 5.24. The molecule has 0 aromatic heterocycles. The third-order valence-corrected chi connectivity index (χ3v) is 4.36. The van der Waals surface area contributed by atoms with Crippen LogP contribution in [0.2, 0.25) is 0 Å². The first-order valence-electron chi connectivity index (χ1n) is 7.53. The summed E-state index contributed by atoms with van der Waals surface area (Å²) in [6.07, 6.45) is 3.24. The van der Waals surface area contributed by atoms with Gasteiger partial charge in [0.15, 0.2) is 0 Å². The summed E-state index contributed by atoms with van der Waals surface area (Å²) in [6, 6.07) is 3.85. The SMILES string of the molecule is CCCN1CCC(C(CN)c2ccc(F)cc2F)CC1. The third-order valence-electron chi connectivity index (χ3n) is 4.36. The summed E-state index contributed by atoms with van der Waals surface area (Å²) in [6.45, 7) is 5.84. The molecule has 20 heavy (non-hydrogen) atoms. The largest absolute Gasteiger partial charge is 0.330 e. The first-order chi connectivity index (χ1) is 9.65. The van der Waals surface area contributed by atoms with E-state index < -0.39 is 11.6 Å². The fourth-order valence-corrected chi connectivity index (χ4v) is 3.27. The Balaban J connectivity index is 2.05. The fourth-order valence-electron chi connectivity index (χ4n) is 3.27. The van der Waals surface area contributed by atoms with Gasteiger partial charge in [0.05, 0.1) is 0 Å². The van der Waals surface area contributed by atoms with Crippen molar-refractivity contribution in [1.82, 2.24) is 4.90 Å². The van der Waals surface area contributed by atoms with E-state index in [2.05, 4.69) is 11.8 Å². The molecule has 0 saturated carbocycles. The van der Waals surface area contributed by atoms with Crippen LogP contribution in [-0.2, 0) is 0 Å². The van der Waals surface area contributed by atoms with Gasteiger partial charge in [-0.15, -0.1) is 0 Å². The van der Waals surface area contributed by atoms with Crippen LogP contribution in [0, 0.1) is 17.6 Å². The second-order valence-electron chi connectivity index (χ2n) is 5.69. The van der Waals surface area contributed by atoms with Gasteiger partial charge < -0.3 is 10.6 Å². The van der Waals surface area contributed by atoms with Crippen molar-refractivity contribution in [2.75, 3.05) is 26.2 Å².